The summed E-state index contributed by atoms with van der Waals surface area (Å²) >= 11 is 6.63. The van der Waals surface area contributed by atoms with Gasteiger partial charge in [-0.25, -0.2) is 18.2 Å². The third-order valence-electron chi connectivity index (χ3n) is 11.8. The predicted octanol–water partition coefficient (Wildman–Crippen LogP) is 5.71. The molecule has 1 aromatic heterocycles. The minimum Gasteiger partial charge on any atom is -0.488 e. The average molecular weight is 868 g/mol. The molecule has 1 aromatic carbocycles. The first-order valence-corrected chi connectivity index (χ1v) is 21.9. The molecular formula is C40H49ClF3N5O9S. The Morgan fingerprint density at radius 1 is 1.03 bits per heavy atom. The number of rotatable bonds is 9. The summed E-state index contributed by atoms with van der Waals surface area (Å²) in [6, 6.07) is 2.36. The van der Waals surface area contributed by atoms with E-state index in [2.05, 4.69) is 20.3 Å². The molecule has 1 saturated heterocycles. The van der Waals surface area contributed by atoms with Crippen molar-refractivity contribution in [2.45, 2.75) is 132 Å². The van der Waals surface area contributed by atoms with Crippen molar-refractivity contribution in [3.8, 4) is 11.6 Å². The molecule has 3 N–H and O–H groups in total. The fourth-order valence-electron chi connectivity index (χ4n) is 7.85. The Balaban J connectivity index is 1.23. The topological polar surface area (TPSA) is 182 Å². The maximum absolute atomic E-state index is 14.8. The maximum Gasteiger partial charge on any atom is 0.427 e. The standard InChI is InChI=1S/C40H49ClF3N5O9S/c1-21-8-5-6-9-23-18-39(23,36(52)48-59(54,55)26-14-15-26)47-33(50)29-17-25(57-34-27-10-7-11-28(41)31(27)30(19-45-34)56-24-12-13-24)20-49(29)35(51)32(22(2)16-21)46-37(53)58-38(3,4)40(42,43)44/h6-7,9-11,19,21-26,29,32H,5,8,12-18,20H2,1-4H3,(H,46,53)(H,47,50)(H,48,52)/b9-6-/t21-,22-,23-,25-,29+,32+,39-/m1/s1. The van der Waals surface area contributed by atoms with Gasteiger partial charge in [-0.2, -0.15) is 13.2 Å². The number of benzene rings is 1. The van der Waals surface area contributed by atoms with Gasteiger partial charge in [0.15, 0.2) is 0 Å². The SMILES string of the molecule is C[C@@H]1CC/C=C\[C@@H]2C[C@@]2(C(=O)NS(=O)(=O)C2CC2)NC(=O)[C@@H]2C[C@@H](Oc3ncc(OC4CC4)c4c(Cl)cccc34)CN2C(=O)[C@@H](NC(=O)OC(C)(C)C(F)(F)F)[C@H](C)C1. The molecule has 7 rings (SSSR count). The predicted molar refractivity (Wildman–Crippen MR) is 209 cm³/mol. The molecule has 322 valence electrons. The summed E-state index contributed by atoms with van der Waals surface area (Å²) in [6.07, 6.45) is 1.94. The van der Waals surface area contributed by atoms with Crippen LogP contribution in [-0.4, -0.2) is 95.5 Å². The number of hydrogen-bond donors (Lipinski definition) is 3. The number of alkyl halides is 3. The zero-order chi connectivity index (χ0) is 42.7. The van der Waals surface area contributed by atoms with E-state index in [1.54, 1.807) is 31.2 Å². The second kappa shape index (κ2) is 15.9. The molecule has 0 unspecified atom stereocenters. The zero-order valence-electron chi connectivity index (χ0n) is 33.1. The number of allylic oxidation sites excluding steroid dienone is 1. The summed E-state index contributed by atoms with van der Waals surface area (Å²) in [6.45, 7) is 4.76. The quantitative estimate of drug-likeness (QED) is 0.264. The maximum atomic E-state index is 14.8. The summed E-state index contributed by atoms with van der Waals surface area (Å²) in [5, 5.41) is 5.91. The molecule has 7 atom stereocenters. The highest BCUT2D eigenvalue weighted by Crippen LogP contribution is 2.46. The van der Waals surface area contributed by atoms with Gasteiger partial charge in [-0.05, 0) is 89.2 Å². The number of carbonyl (C=O) groups is 4. The largest absolute Gasteiger partial charge is 0.488 e. The summed E-state index contributed by atoms with van der Waals surface area (Å²) < 4.78 is 86.5. The van der Waals surface area contributed by atoms with Crippen molar-refractivity contribution in [2.75, 3.05) is 6.54 Å². The number of amides is 4. The number of sulfonamides is 1. The van der Waals surface area contributed by atoms with E-state index in [0.717, 1.165) is 12.8 Å². The monoisotopic (exact) mass is 867 g/mol. The molecule has 3 saturated carbocycles. The lowest BCUT2D eigenvalue weighted by Gasteiger charge is -2.34. The van der Waals surface area contributed by atoms with Gasteiger partial charge in [0.2, 0.25) is 33.3 Å². The number of pyridine rings is 1. The van der Waals surface area contributed by atoms with Crippen molar-refractivity contribution >= 4 is 56.2 Å². The molecule has 59 heavy (non-hydrogen) atoms. The number of alkyl carbamates (subject to hydrolysis) is 1. The van der Waals surface area contributed by atoms with Crippen LogP contribution < -0.4 is 24.8 Å². The summed E-state index contributed by atoms with van der Waals surface area (Å²) in [7, 11) is -3.99. The van der Waals surface area contributed by atoms with Crippen LogP contribution in [0, 0.1) is 17.8 Å². The number of halogens is 4. The zero-order valence-corrected chi connectivity index (χ0v) is 34.7. The van der Waals surface area contributed by atoms with E-state index in [0.29, 0.717) is 67.5 Å². The molecule has 3 heterocycles. The molecule has 3 aliphatic carbocycles. The molecule has 0 radical (unpaired) electrons. The number of hydrogen-bond acceptors (Lipinski definition) is 10. The Kier molecular flexibility index (Phi) is 11.6. The average Bonchev–Trinajstić information content (AvgIpc) is 4.05. The van der Waals surface area contributed by atoms with Gasteiger partial charge in [0.25, 0.3) is 5.91 Å². The Labute approximate surface area is 345 Å². The molecule has 14 nitrogen and oxygen atoms in total. The molecule has 4 fully saturated rings. The first-order chi connectivity index (χ1) is 27.7. The van der Waals surface area contributed by atoms with Crippen LogP contribution in [0.15, 0.2) is 36.5 Å². The molecule has 5 aliphatic rings. The smallest absolute Gasteiger partial charge is 0.427 e. The van der Waals surface area contributed by atoms with Crippen LogP contribution in [-0.2, 0) is 29.1 Å². The lowest BCUT2D eigenvalue weighted by Crippen LogP contribution is -2.59. The fourth-order valence-corrected chi connectivity index (χ4v) is 9.49. The first kappa shape index (κ1) is 42.8. The molecule has 0 bridgehead atoms. The van der Waals surface area contributed by atoms with Crippen molar-refractivity contribution in [3.63, 3.8) is 0 Å². The molecule has 2 aliphatic heterocycles. The van der Waals surface area contributed by atoms with E-state index in [9.17, 15) is 40.8 Å². The minimum atomic E-state index is -4.92. The second-order valence-corrected chi connectivity index (χ2v) is 19.5. The van der Waals surface area contributed by atoms with E-state index < -0.39 is 86.4 Å². The number of nitrogens with zero attached hydrogens (tertiary/aromatic N) is 2. The van der Waals surface area contributed by atoms with Crippen molar-refractivity contribution in [1.82, 2.24) is 25.2 Å². The molecule has 19 heteroatoms. The van der Waals surface area contributed by atoms with Crippen LogP contribution in [0.1, 0.15) is 85.5 Å². The van der Waals surface area contributed by atoms with Gasteiger partial charge in [0, 0.05) is 23.1 Å². The van der Waals surface area contributed by atoms with Crippen LogP contribution in [0.3, 0.4) is 0 Å². The number of carbonyl (C=O) groups excluding carboxylic acids is 4. The van der Waals surface area contributed by atoms with Crippen molar-refractivity contribution in [3.05, 3.63) is 41.6 Å². The highest BCUT2D eigenvalue weighted by Gasteiger charge is 2.62. The summed E-state index contributed by atoms with van der Waals surface area (Å²) in [5.41, 5.74) is -4.53. The van der Waals surface area contributed by atoms with E-state index in [1.165, 1.54) is 11.1 Å². The molecular weight excluding hydrogens is 819 g/mol. The normalized spacial score (nSPS) is 29.9. The molecule has 0 spiro atoms. The highest BCUT2D eigenvalue weighted by molar-refractivity contribution is 7.91. The Bertz CT molecular complexity index is 2150. The van der Waals surface area contributed by atoms with Gasteiger partial charge in [-0.15, -0.1) is 0 Å². The van der Waals surface area contributed by atoms with Gasteiger partial charge in [0.1, 0.15) is 29.5 Å². The third-order valence-corrected chi connectivity index (χ3v) is 13.9. The fraction of sp³-hybridized carbons (Fsp3) is 0.625. The lowest BCUT2D eigenvalue weighted by molar-refractivity contribution is -0.244. The van der Waals surface area contributed by atoms with E-state index in [-0.39, 0.29) is 37.3 Å². The van der Waals surface area contributed by atoms with Crippen molar-refractivity contribution in [2.24, 2.45) is 17.8 Å². The number of fused-ring (bicyclic) bond motifs is 3. The number of ether oxygens (including phenoxy) is 3. The van der Waals surface area contributed by atoms with Gasteiger partial charge in [0.05, 0.1) is 29.1 Å². The van der Waals surface area contributed by atoms with Gasteiger partial charge >= 0.3 is 12.3 Å². The Hall–Kier alpha value is -4.32. The van der Waals surface area contributed by atoms with Gasteiger partial charge < -0.3 is 29.7 Å². The van der Waals surface area contributed by atoms with E-state index >= 15 is 0 Å². The van der Waals surface area contributed by atoms with E-state index in [1.807, 2.05) is 13.0 Å². The minimum absolute atomic E-state index is 0.0372. The van der Waals surface area contributed by atoms with Crippen LogP contribution in [0.4, 0.5) is 18.0 Å². The molecule has 2 aromatic rings. The van der Waals surface area contributed by atoms with Crippen LogP contribution in [0.2, 0.25) is 5.02 Å². The number of aromatic nitrogens is 1. The molecule has 4 amide bonds. The summed E-state index contributed by atoms with van der Waals surface area (Å²) in [5.74, 6) is -3.11. The first-order valence-electron chi connectivity index (χ1n) is 20.0. The van der Waals surface area contributed by atoms with Crippen LogP contribution >= 0.6 is 11.6 Å². The second-order valence-electron chi connectivity index (χ2n) is 17.2. The van der Waals surface area contributed by atoms with Crippen molar-refractivity contribution in [1.29, 1.82) is 0 Å². The van der Waals surface area contributed by atoms with E-state index in [4.69, 9.17) is 25.8 Å². The van der Waals surface area contributed by atoms with Crippen LogP contribution in [0.25, 0.3) is 10.8 Å². The highest BCUT2D eigenvalue weighted by atomic mass is 35.5. The lowest BCUT2D eigenvalue weighted by atomic mass is 9.88. The number of nitrogens with one attached hydrogen (secondary N) is 3. The van der Waals surface area contributed by atoms with Gasteiger partial charge in [-0.1, -0.05) is 43.7 Å². The Morgan fingerprint density at radius 2 is 1.76 bits per heavy atom. The van der Waals surface area contributed by atoms with Crippen LogP contribution in [0.5, 0.6) is 11.6 Å². The van der Waals surface area contributed by atoms with Crippen molar-refractivity contribution < 1.29 is 55.0 Å². The Morgan fingerprint density at radius 3 is 2.44 bits per heavy atom. The third kappa shape index (κ3) is 9.22. The van der Waals surface area contributed by atoms with Gasteiger partial charge in [-0.3, -0.25) is 19.1 Å². The summed E-state index contributed by atoms with van der Waals surface area (Å²) in [4.78, 5) is 62.0.